The molecule has 0 bridgehead atoms. The van der Waals surface area contributed by atoms with Crippen molar-refractivity contribution in [1.29, 1.82) is 0 Å². The van der Waals surface area contributed by atoms with Gasteiger partial charge < -0.3 is 19.5 Å². The number of pyridine rings is 1. The summed E-state index contributed by atoms with van der Waals surface area (Å²) >= 11 is 0. The fraction of sp³-hybridized carbons (Fsp3) is 0.400. The fourth-order valence-corrected chi connectivity index (χ4v) is 3.05. The molecule has 1 atom stereocenters. The molecule has 7 nitrogen and oxygen atoms in total. The number of piperazine rings is 1. The Kier molecular flexibility index (Phi) is 6.62. The van der Waals surface area contributed by atoms with E-state index in [-0.39, 0.29) is 12.6 Å². The van der Waals surface area contributed by atoms with Gasteiger partial charge in [-0.15, -0.1) is 0 Å². The Morgan fingerprint density at radius 2 is 1.89 bits per heavy atom. The molecule has 1 saturated heterocycles. The summed E-state index contributed by atoms with van der Waals surface area (Å²) in [5.74, 6) is 1.23. The van der Waals surface area contributed by atoms with E-state index in [9.17, 15) is 9.90 Å². The van der Waals surface area contributed by atoms with Crippen molar-refractivity contribution in [2.45, 2.75) is 6.10 Å². The number of benzene rings is 1. The molecule has 0 aliphatic carbocycles. The number of aromatic nitrogens is 1. The van der Waals surface area contributed by atoms with Crippen molar-refractivity contribution in [2.75, 3.05) is 51.3 Å². The molecule has 0 amide bonds. The third-order valence-corrected chi connectivity index (χ3v) is 4.53. The Morgan fingerprint density at radius 3 is 2.52 bits per heavy atom. The molecule has 1 aliphatic heterocycles. The topological polar surface area (TPSA) is 75.1 Å². The van der Waals surface area contributed by atoms with Crippen LogP contribution in [0.4, 0.5) is 5.82 Å². The Labute approximate surface area is 159 Å². The van der Waals surface area contributed by atoms with Crippen LogP contribution in [0.2, 0.25) is 0 Å². The maximum atomic E-state index is 11.4. The minimum atomic E-state index is -0.577. The Morgan fingerprint density at radius 1 is 1.15 bits per heavy atom. The van der Waals surface area contributed by atoms with Gasteiger partial charge in [0, 0.05) is 38.9 Å². The number of aliphatic hydroxyl groups excluding tert-OH is 1. The Hall–Kier alpha value is -2.64. The van der Waals surface area contributed by atoms with E-state index in [4.69, 9.17) is 4.74 Å². The maximum absolute atomic E-state index is 11.4. The first-order valence-electron chi connectivity index (χ1n) is 9.03. The Bertz CT molecular complexity index is 716. The highest BCUT2D eigenvalue weighted by Gasteiger charge is 2.20. The zero-order valence-corrected chi connectivity index (χ0v) is 15.5. The van der Waals surface area contributed by atoms with Gasteiger partial charge in [0.1, 0.15) is 24.3 Å². The van der Waals surface area contributed by atoms with E-state index >= 15 is 0 Å². The smallest absolute Gasteiger partial charge is 0.337 e. The highest BCUT2D eigenvalue weighted by Crippen LogP contribution is 2.15. The van der Waals surface area contributed by atoms with Crippen molar-refractivity contribution in [3.05, 3.63) is 54.2 Å². The molecule has 2 heterocycles. The van der Waals surface area contributed by atoms with E-state index in [0.717, 1.165) is 32.0 Å². The number of ether oxygens (including phenoxy) is 2. The van der Waals surface area contributed by atoms with Crippen LogP contribution >= 0.6 is 0 Å². The van der Waals surface area contributed by atoms with Gasteiger partial charge in [-0.3, -0.25) is 4.90 Å². The predicted octanol–water partition coefficient (Wildman–Crippen LogP) is 1.43. The molecule has 0 unspecified atom stereocenters. The van der Waals surface area contributed by atoms with Crippen molar-refractivity contribution >= 4 is 11.8 Å². The number of carbonyl (C=O) groups excluding carboxylic acids is 1. The van der Waals surface area contributed by atoms with E-state index < -0.39 is 6.10 Å². The summed E-state index contributed by atoms with van der Waals surface area (Å²) in [6, 6.07) is 12.6. The molecule has 1 aliphatic rings. The molecule has 2 aromatic rings. The molecule has 27 heavy (non-hydrogen) atoms. The number of esters is 1. The SMILES string of the molecule is COC(=O)c1ccc(OC[C@@H](O)CN2CCN(c3ccccn3)CC2)cc1. The number of nitrogens with zero attached hydrogens (tertiary/aromatic N) is 3. The second-order valence-corrected chi connectivity index (χ2v) is 6.46. The second-order valence-electron chi connectivity index (χ2n) is 6.46. The molecule has 144 valence electrons. The van der Waals surface area contributed by atoms with Gasteiger partial charge in [-0.2, -0.15) is 0 Å². The fourth-order valence-electron chi connectivity index (χ4n) is 3.05. The Balaban J connectivity index is 1.40. The van der Waals surface area contributed by atoms with E-state index in [2.05, 4.69) is 19.5 Å². The van der Waals surface area contributed by atoms with Gasteiger partial charge in [-0.25, -0.2) is 9.78 Å². The van der Waals surface area contributed by atoms with Crippen molar-refractivity contribution in [1.82, 2.24) is 9.88 Å². The van der Waals surface area contributed by atoms with Crippen LogP contribution in [0.1, 0.15) is 10.4 Å². The predicted molar refractivity (Wildman–Crippen MR) is 102 cm³/mol. The van der Waals surface area contributed by atoms with Crippen molar-refractivity contribution in [3.63, 3.8) is 0 Å². The third-order valence-electron chi connectivity index (χ3n) is 4.53. The second kappa shape index (κ2) is 9.34. The number of carbonyl (C=O) groups is 1. The number of rotatable bonds is 7. The highest BCUT2D eigenvalue weighted by molar-refractivity contribution is 5.89. The summed E-state index contributed by atoms with van der Waals surface area (Å²) in [5.41, 5.74) is 0.469. The van der Waals surface area contributed by atoms with Crippen LogP contribution in [-0.2, 0) is 4.74 Å². The summed E-state index contributed by atoms with van der Waals surface area (Å²) in [7, 11) is 1.35. The van der Waals surface area contributed by atoms with Crippen LogP contribution in [0.3, 0.4) is 0 Å². The van der Waals surface area contributed by atoms with Gasteiger partial charge in [-0.05, 0) is 36.4 Å². The minimum Gasteiger partial charge on any atom is -0.491 e. The number of anilines is 1. The largest absolute Gasteiger partial charge is 0.491 e. The number of hydrogen-bond acceptors (Lipinski definition) is 7. The number of methoxy groups -OCH3 is 1. The van der Waals surface area contributed by atoms with E-state index in [1.54, 1.807) is 30.5 Å². The van der Waals surface area contributed by atoms with Crippen LogP contribution in [0.25, 0.3) is 0 Å². The van der Waals surface area contributed by atoms with Gasteiger partial charge in [-0.1, -0.05) is 6.07 Å². The lowest BCUT2D eigenvalue weighted by atomic mass is 10.2. The van der Waals surface area contributed by atoms with Gasteiger partial charge in [0.25, 0.3) is 0 Å². The van der Waals surface area contributed by atoms with Gasteiger partial charge in [0.05, 0.1) is 12.7 Å². The summed E-state index contributed by atoms with van der Waals surface area (Å²) in [6.45, 7) is 4.30. The van der Waals surface area contributed by atoms with Crippen LogP contribution in [0.15, 0.2) is 48.7 Å². The average Bonchev–Trinajstić information content (AvgIpc) is 2.73. The first kappa shape index (κ1) is 19.1. The van der Waals surface area contributed by atoms with Crippen LogP contribution in [0.5, 0.6) is 5.75 Å². The summed E-state index contributed by atoms with van der Waals surface area (Å²) in [5, 5.41) is 10.3. The summed E-state index contributed by atoms with van der Waals surface area (Å²) in [4.78, 5) is 20.3. The van der Waals surface area contributed by atoms with Crippen LogP contribution in [0, 0.1) is 0 Å². The molecule has 1 N–H and O–H groups in total. The molecule has 7 heteroatoms. The maximum Gasteiger partial charge on any atom is 0.337 e. The molecule has 3 rings (SSSR count). The van der Waals surface area contributed by atoms with E-state index in [0.29, 0.717) is 17.9 Å². The molecule has 1 aromatic carbocycles. The lowest BCUT2D eigenvalue weighted by Crippen LogP contribution is -2.49. The monoisotopic (exact) mass is 371 g/mol. The van der Waals surface area contributed by atoms with Gasteiger partial charge >= 0.3 is 5.97 Å². The molecule has 0 saturated carbocycles. The quantitative estimate of drug-likeness (QED) is 0.738. The molecule has 1 fully saturated rings. The van der Waals surface area contributed by atoms with Crippen molar-refractivity contribution in [2.24, 2.45) is 0 Å². The first-order valence-corrected chi connectivity index (χ1v) is 9.03. The summed E-state index contributed by atoms with van der Waals surface area (Å²) in [6.07, 6.45) is 1.23. The molecular formula is C20H25N3O4. The molecule has 0 spiro atoms. The van der Waals surface area contributed by atoms with Crippen LogP contribution < -0.4 is 9.64 Å². The zero-order chi connectivity index (χ0) is 19.1. The lowest BCUT2D eigenvalue weighted by Gasteiger charge is -2.36. The minimum absolute atomic E-state index is 0.206. The molecular weight excluding hydrogens is 346 g/mol. The third kappa shape index (κ3) is 5.42. The average molecular weight is 371 g/mol. The van der Waals surface area contributed by atoms with Gasteiger partial charge in [0.15, 0.2) is 0 Å². The van der Waals surface area contributed by atoms with Crippen LogP contribution in [-0.4, -0.2) is 73.5 Å². The van der Waals surface area contributed by atoms with E-state index in [1.165, 1.54) is 7.11 Å². The van der Waals surface area contributed by atoms with Gasteiger partial charge in [0.2, 0.25) is 0 Å². The number of aliphatic hydroxyl groups is 1. The standard InChI is InChI=1S/C20H25N3O4/c1-26-20(25)16-5-7-18(8-6-16)27-15-17(24)14-22-10-12-23(13-11-22)19-4-2-3-9-21-19/h2-9,17,24H,10-15H2,1H3/t17-/m0/s1. The highest BCUT2D eigenvalue weighted by atomic mass is 16.5. The summed E-state index contributed by atoms with van der Waals surface area (Å²) < 4.78 is 10.3. The lowest BCUT2D eigenvalue weighted by molar-refractivity contribution is 0.0599. The first-order chi connectivity index (χ1) is 13.2. The number of hydrogen-bond donors (Lipinski definition) is 1. The molecule has 1 aromatic heterocycles. The van der Waals surface area contributed by atoms with Crippen molar-refractivity contribution in [3.8, 4) is 5.75 Å². The molecule has 0 radical (unpaired) electrons. The number of β-amino-alcohol motifs (C(OH)–C–C–N with tert-alkyl or cyclic N) is 1. The normalized spacial score (nSPS) is 16.0. The van der Waals surface area contributed by atoms with E-state index in [1.807, 2.05) is 18.2 Å². The zero-order valence-electron chi connectivity index (χ0n) is 15.5. The van der Waals surface area contributed by atoms with Crippen molar-refractivity contribution < 1.29 is 19.4 Å².